The number of hydrogen-bond donors (Lipinski definition) is 0. The maximum Gasteiger partial charge on any atom is 0.306 e. The van der Waals surface area contributed by atoms with Crippen molar-refractivity contribution in [1.29, 1.82) is 0 Å². The van der Waals surface area contributed by atoms with Crippen LogP contribution in [0.25, 0.3) is 0 Å². The summed E-state index contributed by atoms with van der Waals surface area (Å²) in [5, 5.41) is 0. The van der Waals surface area contributed by atoms with Crippen molar-refractivity contribution >= 4 is 5.97 Å². The van der Waals surface area contributed by atoms with Gasteiger partial charge in [0.05, 0.1) is 7.47 Å². The molecule has 0 radical (unpaired) electrons. The Labute approximate surface area is 80.6 Å². The molecule has 1 atom stereocenters. The van der Waals surface area contributed by atoms with Gasteiger partial charge in [-0.25, -0.2) is 0 Å². The summed E-state index contributed by atoms with van der Waals surface area (Å²) in [7, 11) is 0. The van der Waals surface area contributed by atoms with E-state index in [9.17, 15) is 4.79 Å². The molecule has 0 aromatic carbocycles. The Morgan fingerprint density at radius 3 is 3.50 bits per heavy atom. The molecular weight excluding hydrogens is 152 g/mol. The molecule has 2 heteroatoms. The molecule has 0 spiro atoms. The number of rotatable bonds is 0. The molecule has 0 N–H and O–H groups in total. The van der Waals surface area contributed by atoms with Crippen molar-refractivity contribution in [2.45, 2.75) is 45.0 Å². The highest BCUT2D eigenvalue weighted by molar-refractivity contribution is 5.69. The minimum atomic E-state index is -2.84. The van der Waals surface area contributed by atoms with Gasteiger partial charge in [-0.15, -0.1) is 0 Å². The van der Waals surface area contributed by atoms with Crippen LogP contribution in [0.2, 0.25) is 0 Å². The Morgan fingerprint density at radius 1 is 1.83 bits per heavy atom. The highest BCUT2D eigenvalue weighted by Crippen LogP contribution is 2.09. The van der Waals surface area contributed by atoms with E-state index >= 15 is 0 Å². The SMILES string of the molecule is [2H]/C1=C/CCC[C@H](C)OC(=O)C([2H])([2H])C1([2H])[2H]. The molecule has 12 heavy (non-hydrogen) atoms. The number of allylic oxidation sites excluding steroid dienone is 2. The standard InChI is InChI=1S/C10H16O2/c1-9-7-5-3-2-4-6-8-10(11)12-9/h2,4,9H,3,5-8H2,1H3/b4-2-/t9-/m0/s1/i4D,6D2,8D2. The molecule has 2 nitrogen and oxygen atoms in total. The summed E-state index contributed by atoms with van der Waals surface area (Å²) in [5.74, 6) is -1.24. The number of hydrogen-bond acceptors (Lipinski definition) is 2. The van der Waals surface area contributed by atoms with Gasteiger partial charge in [0.25, 0.3) is 0 Å². The molecule has 0 aromatic heterocycles. The molecule has 68 valence electrons. The predicted octanol–water partition coefficient (Wildman–Crippen LogP) is 2.44. The van der Waals surface area contributed by atoms with Gasteiger partial charge in [0.1, 0.15) is 0 Å². The first-order valence-corrected chi connectivity index (χ1v) is 4.08. The number of cyclic esters (lactones) is 1. The maximum absolute atomic E-state index is 11.6. The zero-order valence-electron chi connectivity index (χ0n) is 12.1. The average Bonchev–Trinajstić information content (AvgIpc) is 2.22. The molecular formula is C10H16O2. The lowest BCUT2D eigenvalue weighted by molar-refractivity contribution is -0.148. The van der Waals surface area contributed by atoms with Crippen LogP contribution in [0, 0.1) is 0 Å². The van der Waals surface area contributed by atoms with E-state index in [4.69, 9.17) is 11.6 Å². The van der Waals surface area contributed by atoms with Crippen LogP contribution in [0.5, 0.6) is 0 Å². The molecule has 0 aromatic rings. The molecule has 0 aliphatic carbocycles. The third-order valence-corrected chi connectivity index (χ3v) is 1.61. The van der Waals surface area contributed by atoms with Crippen molar-refractivity contribution < 1.29 is 16.4 Å². The van der Waals surface area contributed by atoms with Crippen LogP contribution in [0.4, 0.5) is 0 Å². The second kappa shape index (κ2) is 4.96. The van der Waals surface area contributed by atoms with Crippen LogP contribution in [-0.2, 0) is 9.53 Å². The van der Waals surface area contributed by atoms with Crippen LogP contribution in [-0.4, -0.2) is 12.1 Å². The van der Waals surface area contributed by atoms with Gasteiger partial charge in [-0.3, -0.25) is 4.79 Å². The zero-order valence-corrected chi connectivity index (χ0v) is 7.09. The van der Waals surface area contributed by atoms with E-state index in [-0.39, 0.29) is 0 Å². The minimum Gasteiger partial charge on any atom is -0.463 e. The van der Waals surface area contributed by atoms with E-state index in [2.05, 4.69) is 0 Å². The van der Waals surface area contributed by atoms with Crippen LogP contribution < -0.4 is 0 Å². The van der Waals surface area contributed by atoms with Gasteiger partial charge in [-0.1, -0.05) is 12.1 Å². The van der Waals surface area contributed by atoms with E-state index in [0.717, 1.165) is 0 Å². The Bertz CT molecular complexity index is 338. The Kier molecular flexibility index (Phi) is 1.84. The molecule has 0 fully saturated rings. The van der Waals surface area contributed by atoms with E-state index in [1.807, 2.05) is 0 Å². The molecule has 1 aliphatic heterocycles. The van der Waals surface area contributed by atoms with Crippen LogP contribution in [0.15, 0.2) is 12.1 Å². The Hall–Kier alpha value is -0.790. The van der Waals surface area contributed by atoms with E-state index in [1.54, 1.807) is 6.92 Å². The van der Waals surface area contributed by atoms with Gasteiger partial charge in [0, 0.05) is 11.9 Å². The van der Waals surface area contributed by atoms with Crippen LogP contribution in [0.3, 0.4) is 0 Å². The van der Waals surface area contributed by atoms with Gasteiger partial charge in [0.2, 0.25) is 0 Å². The number of carbonyl (C=O) groups is 1. The normalized spacial score (nSPS) is 46.1. The molecule has 0 saturated heterocycles. The summed E-state index contributed by atoms with van der Waals surface area (Å²) in [6, 6.07) is -0.506. The third-order valence-electron chi connectivity index (χ3n) is 1.61. The monoisotopic (exact) mass is 173 g/mol. The first kappa shape index (κ1) is 4.45. The van der Waals surface area contributed by atoms with E-state index in [0.29, 0.717) is 19.3 Å². The predicted molar refractivity (Wildman–Crippen MR) is 47.8 cm³/mol. The first-order chi connectivity index (χ1) is 7.69. The number of carbonyl (C=O) groups excluding carboxylic acids is 1. The fourth-order valence-electron chi connectivity index (χ4n) is 0.989. The van der Waals surface area contributed by atoms with Gasteiger partial charge < -0.3 is 4.74 Å². The molecule has 0 amide bonds. The first-order valence-electron chi connectivity index (χ1n) is 6.58. The summed E-state index contributed by atoms with van der Waals surface area (Å²) < 4.78 is 42.6. The maximum atomic E-state index is 11.6. The summed E-state index contributed by atoms with van der Waals surface area (Å²) >= 11 is 0. The lowest BCUT2D eigenvalue weighted by Crippen LogP contribution is -2.14. The molecule has 1 heterocycles. The van der Waals surface area contributed by atoms with Gasteiger partial charge in [-0.2, -0.15) is 0 Å². The summed E-state index contributed by atoms with van der Waals surface area (Å²) in [6.07, 6.45) is -2.87. The molecule has 0 bridgehead atoms. The number of esters is 1. The fourth-order valence-corrected chi connectivity index (χ4v) is 0.989. The zero-order chi connectivity index (χ0) is 13.3. The van der Waals surface area contributed by atoms with Gasteiger partial charge >= 0.3 is 5.97 Å². The van der Waals surface area contributed by atoms with Crippen molar-refractivity contribution in [3.63, 3.8) is 0 Å². The largest absolute Gasteiger partial charge is 0.463 e. The molecule has 1 aliphatic rings. The van der Waals surface area contributed by atoms with Gasteiger partial charge in [-0.05, 0) is 32.6 Å². The second-order valence-electron chi connectivity index (χ2n) is 2.75. The number of ether oxygens (including phenoxy) is 1. The van der Waals surface area contributed by atoms with Crippen molar-refractivity contribution in [2.75, 3.05) is 0 Å². The van der Waals surface area contributed by atoms with Crippen molar-refractivity contribution in [1.82, 2.24) is 0 Å². The minimum absolute atomic E-state index is 0.436. The second-order valence-corrected chi connectivity index (χ2v) is 2.75. The van der Waals surface area contributed by atoms with Crippen molar-refractivity contribution in [2.24, 2.45) is 0 Å². The third kappa shape index (κ3) is 3.56. The molecule has 0 unspecified atom stereocenters. The van der Waals surface area contributed by atoms with E-state index < -0.39 is 30.9 Å². The highest BCUT2D eigenvalue weighted by Gasteiger charge is 2.08. The molecule has 1 rings (SSSR count). The van der Waals surface area contributed by atoms with Crippen LogP contribution in [0.1, 0.15) is 45.8 Å². The average molecular weight is 173 g/mol. The fraction of sp³-hybridized carbons (Fsp3) is 0.700. The van der Waals surface area contributed by atoms with Crippen molar-refractivity contribution in [3.8, 4) is 0 Å². The molecule has 0 saturated carbocycles. The Morgan fingerprint density at radius 2 is 2.67 bits per heavy atom. The van der Waals surface area contributed by atoms with Crippen LogP contribution >= 0.6 is 0 Å². The summed E-state index contributed by atoms with van der Waals surface area (Å²) in [6.45, 7) is 1.65. The van der Waals surface area contributed by atoms with Gasteiger partial charge in [0.15, 0.2) is 0 Å². The highest BCUT2D eigenvalue weighted by atomic mass is 16.5. The topological polar surface area (TPSA) is 26.3 Å². The smallest absolute Gasteiger partial charge is 0.306 e. The van der Waals surface area contributed by atoms with E-state index in [1.165, 1.54) is 6.08 Å². The lowest BCUT2D eigenvalue weighted by Gasteiger charge is -2.13. The summed E-state index contributed by atoms with van der Waals surface area (Å²) in [4.78, 5) is 11.6. The quantitative estimate of drug-likeness (QED) is 0.415. The Balaban J connectivity index is 3.12. The van der Waals surface area contributed by atoms with Crippen molar-refractivity contribution in [3.05, 3.63) is 12.1 Å². The summed E-state index contributed by atoms with van der Waals surface area (Å²) in [5.41, 5.74) is 0. The lowest BCUT2D eigenvalue weighted by atomic mass is 10.1.